The summed E-state index contributed by atoms with van der Waals surface area (Å²) in [6, 6.07) is 21.1. The lowest BCUT2D eigenvalue weighted by molar-refractivity contribution is 0.0950. The van der Waals surface area contributed by atoms with E-state index < -0.39 is 0 Å². The highest BCUT2D eigenvalue weighted by molar-refractivity contribution is 7.99. The van der Waals surface area contributed by atoms with E-state index in [-0.39, 0.29) is 5.91 Å². The van der Waals surface area contributed by atoms with Gasteiger partial charge in [0.2, 0.25) is 0 Å². The molecule has 0 atom stereocenters. The highest BCUT2D eigenvalue weighted by atomic mass is 35.5. The van der Waals surface area contributed by atoms with E-state index in [1.54, 1.807) is 11.8 Å². The minimum absolute atomic E-state index is 0.111. The van der Waals surface area contributed by atoms with E-state index >= 15 is 0 Å². The van der Waals surface area contributed by atoms with E-state index in [4.69, 9.17) is 23.2 Å². The molecule has 1 amide bonds. The molecule has 2 nitrogen and oxygen atoms in total. The van der Waals surface area contributed by atoms with Crippen molar-refractivity contribution in [2.45, 2.75) is 29.7 Å². The highest BCUT2D eigenvalue weighted by Crippen LogP contribution is 2.34. The number of rotatable bonds is 6. The van der Waals surface area contributed by atoms with Gasteiger partial charge in [0, 0.05) is 37.5 Å². The summed E-state index contributed by atoms with van der Waals surface area (Å²) in [6.07, 6.45) is 0.951. The van der Waals surface area contributed by atoms with Crippen LogP contribution in [-0.4, -0.2) is 5.91 Å². The van der Waals surface area contributed by atoms with Crippen LogP contribution in [0.5, 0.6) is 0 Å². The summed E-state index contributed by atoms with van der Waals surface area (Å²) in [6.45, 7) is 2.45. The first-order valence-electron chi connectivity index (χ1n) is 8.64. The SMILES string of the molecule is CCc1ccc(C(=O)NCc2c(Cl)cccc2Sc2ccc(Cl)cc2)cc1. The number of hydrogen-bond acceptors (Lipinski definition) is 2. The lowest BCUT2D eigenvalue weighted by Crippen LogP contribution is -2.23. The van der Waals surface area contributed by atoms with Gasteiger partial charge in [0.15, 0.2) is 0 Å². The lowest BCUT2D eigenvalue weighted by Gasteiger charge is -2.13. The summed E-state index contributed by atoms with van der Waals surface area (Å²) in [7, 11) is 0. The van der Waals surface area contributed by atoms with Gasteiger partial charge in [-0.15, -0.1) is 0 Å². The van der Waals surface area contributed by atoms with Gasteiger partial charge >= 0.3 is 0 Å². The molecule has 3 aromatic rings. The van der Waals surface area contributed by atoms with Crippen LogP contribution in [0.4, 0.5) is 0 Å². The van der Waals surface area contributed by atoms with Gasteiger partial charge in [-0.2, -0.15) is 0 Å². The van der Waals surface area contributed by atoms with E-state index in [2.05, 4.69) is 12.2 Å². The molecule has 5 heteroatoms. The molecule has 0 unspecified atom stereocenters. The van der Waals surface area contributed by atoms with Crippen LogP contribution < -0.4 is 5.32 Å². The average molecular weight is 416 g/mol. The van der Waals surface area contributed by atoms with Crippen molar-refractivity contribution < 1.29 is 4.79 Å². The summed E-state index contributed by atoms with van der Waals surface area (Å²) in [5.74, 6) is -0.111. The Bertz CT molecular complexity index is 924. The van der Waals surface area contributed by atoms with Crippen LogP contribution in [-0.2, 0) is 13.0 Å². The Balaban J connectivity index is 1.73. The fraction of sp³-hybridized carbons (Fsp3) is 0.136. The molecule has 0 bridgehead atoms. The quantitative estimate of drug-likeness (QED) is 0.488. The zero-order valence-corrected chi connectivity index (χ0v) is 17.2. The lowest BCUT2D eigenvalue weighted by atomic mass is 10.1. The topological polar surface area (TPSA) is 29.1 Å². The highest BCUT2D eigenvalue weighted by Gasteiger charge is 2.11. The Kier molecular flexibility index (Phi) is 6.84. The molecule has 0 fully saturated rings. The monoisotopic (exact) mass is 415 g/mol. The molecule has 0 aliphatic heterocycles. The molecular formula is C22H19Cl2NOS. The first-order valence-corrected chi connectivity index (χ1v) is 10.2. The van der Waals surface area contributed by atoms with Gasteiger partial charge in [-0.05, 0) is 60.5 Å². The smallest absolute Gasteiger partial charge is 0.251 e. The van der Waals surface area contributed by atoms with Gasteiger partial charge < -0.3 is 5.32 Å². The maximum atomic E-state index is 12.5. The fourth-order valence-electron chi connectivity index (χ4n) is 2.60. The Hall–Kier alpha value is -1.94. The minimum Gasteiger partial charge on any atom is -0.348 e. The molecule has 0 aliphatic rings. The molecule has 3 aromatic carbocycles. The van der Waals surface area contributed by atoms with Crippen LogP contribution in [0.15, 0.2) is 76.5 Å². The third-order valence-corrected chi connectivity index (χ3v) is 5.88. The van der Waals surface area contributed by atoms with Crippen LogP contribution in [0, 0.1) is 0 Å². The zero-order chi connectivity index (χ0) is 19.2. The van der Waals surface area contributed by atoms with Gasteiger partial charge in [0.05, 0.1) is 0 Å². The Labute approximate surface area is 173 Å². The molecule has 0 saturated heterocycles. The molecule has 0 spiro atoms. The van der Waals surface area contributed by atoms with Crippen LogP contribution in [0.2, 0.25) is 10.0 Å². The Morgan fingerprint density at radius 2 is 1.67 bits per heavy atom. The van der Waals surface area contributed by atoms with Gasteiger partial charge in [-0.25, -0.2) is 0 Å². The normalized spacial score (nSPS) is 10.6. The van der Waals surface area contributed by atoms with Crippen LogP contribution in [0.25, 0.3) is 0 Å². The molecular weight excluding hydrogens is 397 g/mol. The molecule has 0 radical (unpaired) electrons. The number of aryl methyl sites for hydroxylation is 1. The predicted octanol–water partition coefficient (Wildman–Crippen LogP) is 6.64. The van der Waals surface area contributed by atoms with Crippen LogP contribution in [0.1, 0.15) is 28.4 Å². The van der Waals surface area contributed by atoms with E-state index in [1.807, 2.05) is 66.7 Å². The molecule has 0 heterocycles. The van der Waals surface area contributed by atoms with Crippen molar-refractivity contribution in [3.8, 4) is 0 Å². The van der Waals surface area contributed by atoms with E-state index in [0.29, 0.717) is 22.2 Å². The first-order chi connectivity index (χ1) is 13.1. The maximum Gasteiger partial charge on any atom is 0.251 e. The van der Waals surface area contributed by atoms with Crippen molar-refractivity contribution in [1.29, 1.82) is 0 Å². The van der Waals surface area contributed by atoms with Crippen LogP contribution in [0.3, 0.4) is 0 Å². The van der Waals surface area contributed by atoms with Crippen molar-refractivity contribution in [2.75, 3.05) is 0 Å². The molecule has 0 aromatic heterocycles. The van der Waals surface area contributed by atoms with E-state index in [0.717, 1.165) is 21.8 Å². The molecule has 0 saturated carbocycles. The number of halogens is 2. The predicted molar refractivity (Wildman–Crippen MR) is 114 cm³/mol. The number of carbonyl (C=O) groups excluding carboxylic acids is 1. The molecule has 0 aliphatic carbocycles. The second kappa shape index (κ2) is 9.32. The summed E-state index contributed by atoms with van der Waals surface area (Å²) >= 11 is 14.0. The Morgan fingerprint density at radius 1 is 0.963 bits per heavy atom. The molecule has 3 rings (SSSR count). The van der Waals surface area contributed by atoms with Crippen molar-refractivity contribution >= 4 is 40.9 Å². The van der Waals surface area contributed by atoms with Gasteiger partial charge in [0.1, 0.15) is 0 Å². The number of amides is 1. The Morgan fingerprint density at radius 3 is 2.33 bits per heavy atom. The van der Waals surface area contributed by atoms with Crippen molar-refractivity contribution in [3.05, 3.63) is 93.5 Å². The summed E-state index contributed by atoms with van der Waals surface area (Å²) in [5, 5.41) is 4.31. The second-order valence-corrected chi connectivity index (χ2v) is 7.96. The summed E-state index contributed by atoms with van der Waals surface area (Å²) in [5.41, 5.74) is 2.75. The third kappa shape index (κ3) is 5.29. The zero-order valence-electron chi connectivity index (χ0n) is 14.8. The average Bonchev–Trinajstić information content (AvgIpc) is 2.69. The minimum atomic E-state index is -0.111. The first kappa shape index (κ1) is 19.8. The maximum absolute atomic E-state index is 12.5. The third-order valence-electron chi connectivity index (χ3n) is 4.17. The van der Waals surface area contributed by atoms with Gasteiger partial charge in [0.25, 0.3) is 5.91 Å². The summed E-state index contributed by atoms with van der Waals surface area (Å²) in [4.78, 5) is 14.5. The van der Waals surface area contributed by atoms with Gasteiger partial charge in [-0.3, -0.25) is 4.79 Å². The molecule has 1 N–H and O–H groups in total. The van der Waals surface area contributed by atoms with Crippen molar-refractivity contribution in [3.63, 3.8) is 0 Å². The molecule has 27 heavy (non-hydrogen) atoms. The number of nitrogens with one attached hydrogen (secondary N) is 1. The fourth-order valence-corrected chi connectivity index (χ4v) is 4.00. The van der Waals surface area contributed by atoms with Gasteiger partial charge in [-0.1, -0.05) is 60.1 Å². The van der Waals surface area contributed by atoms with E-state index in [9.17, 15) is 4.79 Å². The second-order valence-electron chi connectivity index (χ2n) is 6.01. The summed E-state index contributed by atoms with van der Waals surface area (Å²) < 4.78 is 0. The number of benzene rings is 3. The standard InChI is InChI=1S/C22H19Cl2NOS/c1-2-15-6-8-16(9-7-15)22(26)25-14-19-20(24)4-3-5-21(19)27-18-12-10-17(23)11-13-18/h3-13H,2,14H2,1H3,(H,25,26). The van der Waals surface area contributed by atoms with E-state index in [1.165, 1.54) is 5.56 Å². The van der Waals surface area contributed by atoms with Crippen LogP contribution >= 0.6 is 35.0 Å². The number of hydrogen-bond donors (Lipinski definition) is 1. The number of carbonyl (C=O) groups is 1. The van der Waals surface area contributed by atoms with Crippen molar-refractivity contribution in [2.24, 2.45) is 0 Å². The largest absolute Gasteiger partial charge is 0.348 e. The molecule has 138 valence electrons. The van der Waals surface area contributed by atoms with Crippen molar-refractivity contribution in [1.82, 2.24) is 5.32 Å².